The van der Waals surface area contributed by atoms with E-state index in [-0.39, 0.29) is 11.9 Å². The minimum Gasteiger partial charge on any atom is -0.376 e. The van der Waals surface area contributed by atoms with Crippen LogP contribution in [-0.2, 0) is 4.79 Å². The molecule has 0 heterocycles. The van der Waals surface area contributed by atoms with Crippen LogP contribution in [0.1, 0.15) is 20.3 Å². The highest BCUT2D eigenvalue weighted by Crippen LogP contribution is 2.27. The molecule has 4 nitrogen and oxygen atoms in total. The summed E-state index contributed by atoms with van der Waals surface area (Å²) in [7, 11) is 3.86. The summed E-state index contributed by atoms with van der Waals surface area (Å²) >= 11 is 5.98. The fraction of sp³-hybridized carbons (Fsp3) is 0.500. The molecule has 0 saturated heterocycles. The van der Waals surface area contributed by atoms with Crippen molar-refractivity contribution in [3.63, 3.8) is 0 Å². The average Bonchev–Trinajstić information content (AvgIpc) is 2.28. The number of nitrogens with one attached hydrogen (secondary N) is 2. The predicted molar refractivity (Wildman–Crippen MR) is 82.2 cm³/mol. The minimum atomic E-state index is -0.0150. The minimum absolute atomic E-state index is 0.0150. The fourth-order valence-corrected chi connectivity index (χ4v) is 2.07. The molecule has 0 radical (unpaired) electrons. The van der Waals surface area contributed by atoms with E-state index in [1.807, 2.05) is 45.0 Å². The van der Waals surface area contributed by atoms with Gasteiger partial charge in [0.1, 0.15) is 0 Å². The first kappa shape index (κ1) is 15.8. The smallest absolute Gasteiger partial charge is 0.225 e. The molecule has 0 aromatic heterocycles. The molecule has 1 rings (SSSR count). The highest BCUT2D eigenvalue weighted by molar-refractivity contribution is 6.31. The van der Waals surface area contributed by atoms with E-state index in [1.54, 1.807) is 6.07 Å². The summed E-state index contributed by atoms with van der Waals surface area (Å²) in [5.41, 5.74) is 1.68. The number of carbonyl (C=O) groups excluding carboxylic acids is 1. The van der Waals surface area contributed by atoms with Crippen LogP contribution in [0.2, 0.25) is 5.02 Å². The number of rotatable bonds is 6. The molecule has 0 aliphatic rings. The summed E-state index contributed by atoms with van der Waals surface area (Å²) in [5, 5.41) is 6.74. The topological polar surface area (TPSA) is 44.4 Å². The Morgan fingerprint density at radius 2 is 2.11 bits per heavy atom. The van der Waals surface area contributed by atoms with E-state index in [0.29, 0.717) is 11.4 Å². The Hall–Kier alpha value is -1.26. The van der Waals surface area contributed by atoms with Crippen LogP contribution in [-0.4, -0.2) is 32.6 Å². The Morgan fingerprint density at radius 3 is 2.68 bits per heavy atom. The van der Waals surface area contributed by atoms with E-state index in [2.05, 4.69) is 10.6 Å². The maximum atomic E-state index is 12.0. The second kappa shape index (κ2) is 7.36. The van der Waals surface area contributed by atoms with E-state index in [0.717, 1.165) is 17.9 Å². The fourth-order valence-electron chi connectivity index (χ4n) is 1.90. The third kappa shape index (κ3) is 5.09. The first-order chi connectivity index (χ1) is 8.93. The van der Waals surface area contributed by atoms with Gasteiger partial charge in [-0.3, -0.25) is 4.79 Å². The van der Waals surface area contributed by atoms with Crippen molar-refractivity contribution in [3.05, 3.63) is 23.2 Å². The van der Waals surface area contributed by atoms with Crippen LogP contribution >= 0.6 is 11.6 Å². The molecule has 106 valence electrons. The molecular formula is C14H22ClN3O. The molecule has 0 aliphatic heterocycles. The Labute approximate surface area is 120 Å². The molecule has 19 heavy (non-hydrogen) atoms. The van der Waals surface area contributed by atoms with Crippen molar-refractivity contribution in [1.29, 1.82) is 0 Å². The van der Waals surface area contributed by atoms with Gasteiger partial charge >= 0.3 is 0 Å². The summed E-state index contributed by atoms with van der Waals surface area (Å²) < 4.78 is 0. The molecule has 1 atom stereocenters. The van der Waals surface area contributed by atoms with Crippen LogP contribution in [0, 0.1) is 0 Å². The van der Waals surface area contributed by atoms with Crippen LogP contribution in [0.5, 0.6) is 0 Å². The summed E-state index contributed by atoms with van der Waals surface area (Å²) in [6.45, 7) is 4.87. The summed E-state index contributed by atoms with van der Waals surface area (Å²) in [6.07, 6.45) is 0.438. The average molecular weight is 284 g/mol. The third-order valence-electron chi connectivity index (χ3n) is 2.76. The molecular weight excluding hydrogens is 262 g/mol. The molecule has 0 saturated carbocycles. The van der Waals surface area contributed by atoms with Crippen molar-refractivity contribution < 1.29 is 4.79 Å². The number of amides is 1. The van der Waals surface area contributed by atoms with Gasteiger partial charge in [0.05, 0.1) is 11.4 Å². The maximum Gasteiger partial charge on any atom is 0.225 e. The van der Waals surface area contributed by atoms with Gasteiger partial charge in [-0.15, -0.1) is 0 Å². The Balaban J connectivity index is 2.75. The van der Waals surface area contributed by atoms with E-state index in [4.69, 9.17) is 11.6 Å². The molecule has 0 bridgehead atoms. The van der Waals surface area contributed by atoms with Gasteiger partial charge in [0.2, 0.25) is 5.91 Å². The van der Waals surface area contributed by atoms with Crippen molar-refractivity contribution in [2.24, 2.45) is 0 Å². The molecule has 2 N–H and O–H groups in total. The van der Waals surface area contributed by atoms with Gasteiger partial charge in [0.15, 0.2) is 0 Å². The summed E-state index contributed by atoms with van der Waals surface area (Å²) in [5.74, 6) is -0.0150. The zero-order chi connectivity index (χ0) is 14.4. The van der Waals surface area contributed by atoms with Crippen LogP contribution < -0.4 is 15.5 Å². The molecule has 0 spiro atoms. The lowest BCUT2D eigenvalue weighted by molar-refractivity contribution is -0.116. The van der Waals surface area contributed by atoms with Crippen molar-refractivity contribution in [3.8, 4) is 0 Å². The quantitative estimate of drug-likeness (QED) is 0.844. The van der Waals surface area contributed by atoms with Gasteiger partial charge in [-0.1, -0.05) is 18.5 Å². The number of hydrogen-bond acceptors (Lipinski definition) is 3. The zero-order valence-electron chi connectivity index (χ0n) is 12.0. The lowest BCUT2D eigenvalue weighted by atomic mass is 10.2. The first-order valence-electron chi connectivity index (χ1n) is 6.44. The summed E-state index contributed by atoms with van der Waals surface area (Å²) in [4.78, 5) is 13.9. The molecule has 0 fully saturated rings. The summed E-state index contributed by atoms with van der Waals surface area (Å²) in [6, 6.07) is 5.64. The second-order valence-electron chi connectivity index (χ2n) is 4.77. The number of halogens is 1. The molecule has 1 amide bonds. The third-order valence-corrected chi connectivity index (χ3v) is 2.99. The molecule has 5 heteroatoms. The number of carbonyl (C=O) groups is 1. The molecule has 1 aromatic carbocycles. The SMILES string of the molecule is CCNC(C)CC(=O)Nc1cc(Cl)ccc1N(C)C. The maximum absolute atomic E-state index is 12.0. The van der Waals surface area contributed by atoms with Crippen molar-refractivity contribution >= 4 is 28.9 Å². The standard InChI is InChI=1S/C14H22ClN3O/c1-5-16-10(2)8-14(19)17-12-9-11(15)6-7-13(12)18(3)4/h6-7,9-10,16H,5,8H2,1-4H3,(H,17,19). The van der Waals surface area contributed by atoms with Crippen LogP contribution in [0.15, 0.2) is 18.2 Å². The lowest BCUT2D eigenvalue weighted by Crippen LogP contribution is -2.30. The molecule has 1 unspecified atom stereocenters. The predicted octanol–water partition coefficient (Wildman–Crippen LogP) is 2.73. The number of benzene rings is 1. The van der Waals surface area contributed by atoms with E-state index in [1.165, 1.54) is 0 Å². The normalized spacial score (nSPS) is 12.1. The lowest BCUT2D eigenvalue weighted by Gasteiger charge is -2.19. The van der Waals surface area contributed by atoms with Crippen molar-refractivity contribution in [1.82, 2.24) is 5.32 Å². The van der Waals surface area contributed by atoms with Gasteiger partial charge in [-0.05, 0) is 31.7 Å². The Morgan fingerprint density at radius 1 is 1.42 bits per heavy atom. The highest BCUT2D eigenvalue weighted by atomic mass is 35.5. The zero-order valence-corrected chi connectivity index (χ0v) is 12.7. The van der Waals surface area contributed by atoms with E-state index < -0.39 is 0 Å². The van der Waals surface area contributed by atoms with Gasteiger partial charge < -0.3 is 15.5 Å². The first-order valence-corrected chi connectivity index (χ1v) is 6.82. The number of anilines is 2. The van der Waals surface area contributed by atoms with Crippen LogP contribution in [0.3, 0.4) is 0 Å². The van der Waals surface area contributed by atoms with Crippen LogP contribution in [0.25, 0.3) is 0 Å². The van der Waals surface area contributed by atoms with Gasteiger partial charge in [0.25, 0.3) is 0 Å². The number of nitrogens with zero attached hydrogens (tertiary/aromatic N) is 1. The van der Waals surface area contributed by atoms with Crippen molar-refractivity contribution in [2.75, 3.05) is 30.9 Å². The monoisotopic (exact) mass is 283 g/mol. The Bertz CT molecular complexity index is 435. The molecule has 1 aromatic rings. The highest BCUT2D eigenvalue weighted by Gasteiger charge is 2.11. The van der Waals surface area contributed by atoms with Gasteiger partial charge in [0, 0.05) is 31.6 Å². The van der Waals surface area contributed by atoms with Crippen molar-refractivity contribution in [2.45, 2.75) is 26.3 Å². The molecule has 0 aliphatic carbocycles. The van der Waals surface area contributed by atoms with Gasteiger partial charge in [-0.2, -0.15) is 0 Å². The van der Waals surface area contributed by atoms with E-state index >= 15 is 0 Å². The van der Waals surface area contributed by atoms with Gasteiger partial charge in [-0.25, -0.2) is 0 Å². The largest absolute Gasteiger partial charge is 0.376 e. The second-order valence-corrected chi connectivity index (χ2v) is 5.20. The van der Waals surface area contributed by atoms with Crippen LogP contribution in [0.4, 0.5) is 11.4 Å². The Kier molecular flexibility index (Phi) is 6.12. The van der Waals surface area contributed by atoms with E-state index in [9.17, 15) is 4.79 Å². The number of hydrogen-bond donors (Lipinski definition) is 2.